The highest BCUT2D eigenvalue weighted by atomic mass is 35.5. The van der Waals surface area contributed by atoms with E-state index >= 15 is 0 Å². The van der Waals surface area contributed by atoms with E-state index in [1.165, 1.54) is 0 Å². The maximum absolute atomic E-state index is 12.0. The lowest BCUT2D eigenvalue weighted by atomic mass is 10.3. The van der Waals surface area contributed by atoms with Crippen LogP contribution in [0.3, 0.4) is 0 Å². The van der Waals surface area contributed by atoms with Crippen molar-refractivity contribution >= 4 is 23.4 Å². The van der Waals surface area contributed by atoms with Gasteiger partial charge in [0.2, 0.25) is 0 Å². The maximum atomic E-state index is 12.0. The molecule has 0 spiro atoms. The standard InChI is InChI=1S/C9H10ClN5O4/c1-5-6(4-19-9(17)18)7-11-13-14(3-2-10)8(16)15(7)12-5/h2-4H2,1H3,(H,17,18). The number of halogens is 1. The highest BCUT2D eigenvalue weighted by molar-refractivity contribution is 6.17. The van der Waals surface area contributed by atoms with Crippen molar-refractivity contribution in [1.29, 1.82) is 0 Å². The van der Waals surface area contributed by atoms with Crippen LogP contribution in [0.25, 0.3) is 5.65 Å². The molecule has 2 heterocycles. The molecule has 1 N–H and O–H groups in total. The zero-order valence-electron chi connectivity index (χ0n) is 9.91. The van der Waals surface area contributed by atoms with Gasteiger partial charge in [-0.05, 0) is 6.92 Å². The molecule has 0 aliphatic rings. The number of aryl methyl sites for hydroxylation is 2. The monoisotopic (exact) mass is 287 g/mol. The van der Waals surface area contributed by atoms with E-state index in [2.05, 4.69) is 20.1 Å². The summed E-state index contributed by atoms with van der Waals surface area (Å²) in [5, 5.41) is 20.0. The molecule has 19 heavy (non-hydrogen) atoms. The molecule has 10 heteroatoms. The van der Waals surface area contributed by atoms with E-state index in [-0.39, 0.29) is 24.7 Å². The minimum absolute atomic E-state index is 0.176. The summed E-state index contributed by atoms with van der Waals surface area (Å²) in [5.41, 5.74) is 0.547. The molecule has 0 saturated carbocycles. The highest BCUT2D eigenvalue weighted by Crippen LogP contribution is 2.12. The Hall–Kier alpha value is -2.16. The minimum atomic E-state index is -1.41. The van der Waals surface area contributed by atoms with E-state index in [0.717, 1.165) is 9.20 Å². The summed E-state index contributed by atoms with van der Waals surface area (Å²) in [6.07, 6.45) is -1.41. The van der Waals surface area contributed by atoms with Gasteiger partial charge in [-0.3, -0.25) is 0 Å². The van der Waals surface area contributed by atoms with Gasteiger partial charge in [0.1, 0.15) is 6.61 Å². The SMILES string of the molecule is Cc1nn2c(=O)n(CCCl)nnc2c1COC(=O)O. The van der Waals surface area contributed by atoms with Crippen LogP contribution in [0.5, 0.6) is 0 Å². The summed E-state index contributed by atoms with van der Waals surface area (Å²) >= 11 is 5.54. The van der Waals surface area contributed by atoms with Crippen LogP contribution in [-0.4, -0.2) is 41.7 Å². The van der Waals surface area contributed by atoms with Gasteiger partial charge in [-0.1, -0.05) is 5.21 Å². The molecule has 0 atom stereocenters. The Morgan fingerprint density at radius 2 is 2.26 bits per heavy atom. The van der Waals surface area contributed by atoms with E-state index in [1.807, 2.05) is 0 Å². The number of hydrogen-bond donors (Lipinski definition) is 1. The molecule has 0 fully saturated rings. The molecular formula is C9H10ClN5O4. The smallest absolute Gasteiger partial charge is 0.450 e. The van der Waals surface area contributed by atoms with Gasteiger partial charge >= 0.3 is 11.8 Å². The molecule has 0 radical (unpaired) electrons. The fraction of sp³-hybridized carbons (Fsp3) is 0.444. The number of ether oxygens (including phenoxy) is 1. The molecular weight excluding hydrogens is 278 g/mol. The molecule has 0 amide bonds. The summed E-state index contributed by atoms with van der Waals surface area (Å²) < 4.78 is 6.59. The van der Waals surface area contributed by atoms with Gasteiger partial charge in [0.15, 0.2) is 5.65 Å². The van der Waals surface area contributed by atoms with Gasteiger partial charge in [0.05, 0.1) is 17.8 Å². The van der Waals surface area contributed by atoms with Crippen LogP contribution in [0.2, 0.25) is 0 Å². The van der Waals surface area contributed by atoms with Crippen molar-refractivity contribution < 1.29 is 14.6 Å². The molecule has 0 aromatic carbocycles. The first-order chi connectivity index (χ1) is 9.04. The molecule has 0 bridgehead atoms. The Kier molecular flexibility index (Phi) is 3.65. The van der Waals surface area contributed by atoms with Crippen LogP contribution >= 0.6 is 11.6 Å². The number of hydrogen-bond acceptors (Lipinski definition) is 6. The molecule has 2 aromatic rings. The van der Waals surface area contributed by atoms with Crippen LogP contribution in [0.4, 0.5) is 4.79 Å². The van der Waals surface area contributed by atoms with Gasteiger partial charge in [0.25, 0.3) is 0 Å². The Labute approximate surface area is 111 Å². The number of rotatable bonds is 4. The lowest BCUT2D eigenvalue weighted by Crippen LogP contribution is -2.31. The molecule has 9 nitrogen and oxygen atoms in total. The lowest BCUT2D eigenvalue weighted by Gasteiger charge is -2.01. The van der Waals surface area contributed by atoms with Crippen molar-refractivity contribution in [3.05, 3.63) is 21.7 Å². The Morgan fingerprint density at radius 3 is 2.89 bits per heavy atom. The summed E-state index contributed by atoms with van der Waals surface area (Å²) in [7, 11) is 0. The predicted octanol–water partition coefficient (Wildman–Crippen LogP) is 0.0278. The summed E-state index contributed by atoms with van der Waals surface area (Å²) in [6.45, 7) is 1.60. The van der Waals surface area contributed by atoms with Crippen molar-refractivity contribution in [3.8, 4) is 0 Å². The molecule has 0 saturated heterocycles. The molecule has 102 valence electrons. The number of aromatic nitrogens is 5. The number of nitrogens with zero attached hydrogens (tertiary/aromatic N) is 5. The fourth-order valence-corrected chi connectivity index (χ4v) is 1.71. The Bertz CT molecular complexity index is 679. The average molecular weight is 288 g/mol. The summed E-state index contributed by atoms with van der Waals surface area (Å²) in [6, 6.07) is 0. The van der Waals surface area contributed by atoms with E-state index < -0.39 is 11.8 Å². The van der Waals surface area contributed by atoms with Gasteiger partial charge in [0, 0.05) is 5.88 Å². The normalized spacial score (nSPS) is 10.8. The number of carboxylic acid groups (broad SMARTS) is 1. The largest absolute Gasteiger partial charge is 0.506 e. The molecule has 2 rings (SSSR count). The first-order valence-electron chi connectivity index (χ1n) is 5.28. The first-order valence-corrected chi connectivity index (χ1v) is 5.81. The summed E-state index contributed by atoms with van der Waals surface area (Å²) in [4.78, 5) is 22.3. The third-order valence-electron chi connectivity index (χ3n) is 2.44. The van der Waals surface area contributed by atoms with Crippen LogP contribution < -0.4 is 5.69 Å². The van der Waals surface area contributed by atoms with E-state index in [9.17, 15) is 9.59 Å². The zero-order chi connectivity index (χ0) is 14.0. The number of fused-ring (bicyclic) bond motifs is 1. The molecule has 2 aromatic heterocycles. The van der Waals surface area contributed by atoms with Crippen molar-refractivity contribution in [1.82, 2.24) is 24.6 Å². The minimum Gasteiger partial charge on any atom is -0.450 e. The first kappa shape index (κ1) is 13.3. The topological polar surface area (TPSA) is 112 Å². The second-order valence-electron chi connectivity index (χ2n) is 3.64. The van der Waals surface area contributed by atoms with Gasteiger partial charge in [-0.2, -0.15) is 14.3 Å². The second kappa shape index (κ2) is 5.22. The van der Waals surface area contributed by atoms with E-state index in [1.54, 1.807) is 6.92 Å². The second-order valence-corrected chi connectivity index (χ2v) is 4.02. The van der Waals surface area contributed by atoms with Gasteiger partial charge in [-0.15, -0.1) is 16.7 Å². The number of carbonyl (C=O) groups is 1. The van der Waals surface area contributed by atoms with Crippen LogP contribution in [0.1, 0.15) is 11.3 Å². The maximum Gasteiger partial charge on any atom is 0.506 e. The summed E-state index contributed by atoms with van der Waals surface area (Å²) in [5.74, 6) is 0.218. The van der Waals surface area contributed by atoms with Crippen molar-refractivity contribution in [2.24, 2.45) is 0 Å². The zero-order valence-corrected chi connectivity index (χ0v) is 10.7. The predicted molar refractivity (Wildman–Crippen MR) is 63.3 cm³/mol. The van der Waals surface area contributed by atoms with Crippen LogP contribution in [0.15, 0.2) is 4.79 Å². The average Bonchev–Trinajstić information content (AvgIpc) is 2.67. The Balaban J connectivity index is 2.50. The third kappa shape index (κ3) is 2.50. The third-order valence-corrected chi connectivity index (χ3v) is 2.61. The Morgan fingerprint density at radius 1 is 1.53 bits per heavy atom. The van der Waals surface area contributed by atoms with Crippen molar-refractivity contribution in [2.75, 3.05) is 5.88 Å². The van der Waals surface area contributed by atoms with Crippen molar-refractivity contribution in [2.45, 2.75) is 20.1 Å². The van der Waals surface area contributed by atoms with Gasteiger partial charge in [-0.25, -0.2) is 9.59 Å². The lowest BCUT2D eigenvalue weighted by molar-refractivity contribution is 0.0855. The van der Waals surface area contributed by atoms with Gasteiger partial charge < -0.3 is 9.84 Å². The van der Waals surface area contributed by atoms with Crippen LogP contribution in [0, 0.1) is 6.92 Å². The number of alkyl halides is 1. The highest BCUT2D eigenvalue weighted by Gasteiger charge is 2.16. The van der Waals surface area contributed by atoms with Crippen LogP contribution in [-0.2, 0) is 17.9 Å². The molecule has 0 aliphatic carbocycles. The molecule has 0 aliphatic heterocycles. The van der Waals surface area contributed by atoms with Crippen molar-refractivity contribution in [3.63, 3.8) is 0 Å². The quantitative estimate of drug-likeness (QED) is 0.623. The van der Waals surface area contributed by atoms with E-state index in [0.29, 0.717) is 11.3 Å². The fourth-order valence-electron chi connectivity index (χ4n) is 1.55. The van der Waals surface area contributed by atoms with E-state index in [4.69, 9.17) is 16.7 Å². The molecule has 0 unspecified atom stereocenters.